The molecule has 0 bridgehead atoms. The molecule has 0 saturated heterocycles. The number of aliphatic imine (C=N–C) groups is 1. The second kappa shape index (κ2) is 9.83. The van der Waals surface area contributed by atoms with Gasteiger partial charge in [-0.15, -0.1) is 0 Å². The normalized spacial score (nSPS) is 14.4. The van der Waals surface area contributed by atoms with Crippen molar-refractivity contribution in [2.24, 2.45) is 4.99 Å². The molecule has 1 aliphatic rings. The quantitative estimate of drug-likeness (QED) is 0.129. The van der Waals surface area contributed by atoms with Gasteiger partial charge in [-0.05, 0) is 110 Å². The smallest absolute Gasteiger partial charge is 0.363 e. The molecule has 0 fully saturated rings. The summed E-state index contributed by atoms with van der Waals surface area (Å²) in [7, 11) is 0. The van der Waals surface area contributed by atoms with Crippen LogP contribution in [0.15, 0.2) is 89.6 Å². The Morgan fingerprint density at radius 3 is 2.35 bits per heavy atom. The van der Waals surface area contributed by atoms with E-state index < -0.39 is 5.97 Å². The van der Waals surface area contributed by atoms with Crippen molar-refractivity contribution in [2.45, 2.75) is 6.61 Å². The van der Waals surface area contributed by atoms with Crippen LogP contribution in [0.25, 0.3) is 16.8 Å². The second-order valence-corrected chi connectivity index (χ2v) is 9.95. The lowest BCUT2D eigenvalue weighted by Crippen LogP contribution is -2.05. The maximum Gasteiger partial charge on any atom is 0.363 e. The van der Waals surface area contributed by atoms with Crippen molar-refractivity contribution in [1.82, 2.24) is 0 Å². The Balaban J connectivity index is 1.38. The molecule has 0 N–H and O–H groups in total. The Bertz CT molecular complexity index is 1460. The van der Waals surface area contributed by atoms with E-state index in [2.05, 4.69) is 50.2 Å². The Morgan fingerprint density at radius 2 is 1.62 bits per heavy atom. The minimum Gasteiger partial charge on any atom is -0.487 e. The van der Waals surface area contributed by atoms with E-state index in [1.807, 2.05) is 54.6 Å². The zero-order valence-electron chi connectivity index (χ0n) is 17.6. The third-order valence-corrected chi connectivity index (χ3v) is 6.84. The number of carbonyl (C=O) groups is 1. The lowest BCUT2D eigenvalue weighted by molar-refractivity contribution is -0.129. The number of cyclic esters (lactones) is 1. The van der Waals surface area contributed by atoms with Crippen LogP contribution >= 0.6 is 45.2 Å². The first kappa shape index (κ1) is 23.0. The molecular weight excluding hydrogens is 659 g/mol. The number of rotatable bonds is 5. The van der Waals surface area contributed by atoms with Gasteiger partial charge in [0, 0.05) is 5.56 Å². The van der Waals surface area contributed by atoms with E-state index in [1.165, 1.54) is 12.1 Å². The van der Waals surface area contributed by atoms with Crippen LogP contribution in [0, 0.1) is 13.0 Å². The number of fused-ring (bicyclic) bond motifs is 1. The fourth-order valence-electron chi connectivity index (χ4n) is 3.55. The van der Waals surface area contributed by atoms with Gasteiger partial charge in [-0.1, -0.05) is 42.5 Å². The average molecular weight is 675 g/mol. The molecule has 0 spiro atoms. The second-order valence-electron chi connectivity index (χ2n) is 7.63. The fourth-order valence-corrected chi connectivity index (χ4v) is 5.68. The summed E-state index contributed by atoms with van der Waals surface area (Å²) in [5.74, 6) is 0.277. The molecule has 1 heterocycles. The monoisotopic (exact) mass is 675 g/mol. The highest BCUT2D eigenvalue weighted by atomic mass is 127. The van der Waals surface area contributed by atoms with E-state index in [4.69, 9.17) is 9.47 Å². The number of hydrogen-bond acceptors (Lipinski definition) is 4. The van der Waals surface area contributed by atoms with Gasteiger partial charge in [0.15, 0.2) is 5.70 Å². The molecule has 34 heavy (non-hydrogen) atoms. The minimum absolute atomic E-state index is 0.245. The van der Waals surface area contributed by atoms with E-state index in [0.717, 1.165) is 40.4 Å². The van der Waals surface area contributed by atoms with Crippen molar-refractivity contribution in [3.8, 4) is 5.75 Å². The maximum absolute atomic E-state index is 13.1. The van der Waals surface area contributed by atoms with Gasteiger partial charge in [-0.3, -0.25) is 0 Å². The highest BCUT2D eigenvalue weighted by molar-refractivity contribution is 14.1. The molecule has 0 amide bonds. The predicted octanol–water partition coefficient (Wildman–Crippen LogP) is 7.11. The molecule has 4 aromatic carbocycles. The van der Waals surface area contributed by atoms with Gasteiger partial charge in [0.05, 0.1) is 7.14 Å². The molecule has 0 aromatic heterocycles. The van der Waals surface area contributed by atoms with Gasteiger partial charge in [-0.2, -0.15) is 0 Å². The predicted molar refractivity (Wildman–Crippen MR) is 147 cm³/mol. The molecule has 7 heteroatoms. The Hall–Kier alpha value is -2.79. The molecule has 4 nitrogen and oxygen atoms in total. The van der Waals surface area contributed by atoms with Crippen molar-refractivity contribution >= 4 is 73.9 Å². The molecule has 0 radical (unpaired) electrons. The molecule has 1 aliphatic heterocycles. The van der Waals surface area contributed by atoms with Crippen molar-refractivity contribution in [3.05, 3.63) is 114 Å². The molecule has 5 rings (SSSR count). The van der Waals surface area contributed by atoms with Crippen LogP contribution < -0.4 is 4.74 Å². The third kappa shape index (κ3) is 5.00. The van der Waals surface area contributed by atoms with Crippen molar-refractivity contribution < 1.29 is 18.7 Å². The summed E-state index contributed by atoms with van der Waals surface area (Å²) >= 11 is 4.40. The summed E-state index contributed by atoms with van der Waals surface area (Å²) in [4.78, 5) is 16.9. The topological polar surface area (TPSA) is 47.9 Å². The van der Waals surface area contributed by atoms with Gasteiger partial charge in [0.25, 0.3) is 0 Å². The molecule has 0 unspecified atom stereocenters. The molecule has 4 aromatic rings. The van der Waals surface area contributed by atoms with Crippen LogP contribution in [0.1, 0.15) is 16.7 Å². The zero-order chi connectivity index (χ0) is 23.7. The number of halogens is 3. The lowest BCUT2D eigenvalue weighted by Gasteiger charge is -2.11. The van der Waals surface area contributed by atoms with Gasteiger partial charge in [-0.25, -0.2) is 14.2 Å². The van der Waals surface area contributed by atoms with Gasteiger partial charge < -0.3 is 9.47 Å². The standard InChI is InChI=1S/C27H16FI2NO3/c28-21-9-5-16(6-10-21)15-33-25-22(29)11-17(12-23(25)30)13-24-27(32)34-26(31-24)20-8-7-18-3-1-2-4-19(18)14-20/h1-14H,15H2/b24-13-. The van der Waals surface area contributed by atoms with E-state index in [1.54, 1.807) is 18.2 Å². The SMILES string of the molecule is O=C1OC(c2ccc3ccccc3c2)=N/C1=C\c1cc(I)c(OCc2ccc(F)cc2)c(I)c1. The van der Waals surface area contributed by atoms with E-state index in [9.17, 15) is 9.18 Å². The van der Waals surface area contributed by atoms with Crippen LogP contribution in [0.5, 0.6) is 5.75 Å². The van der Waals surface area contributed by atoms with E-state index in [-0.39, 0.29) is 11.5 Å². The Labute approximate surface area is 222 Å². The number of esters is 1. The summed E-state index contributed by atoms with van der Waals surface area (Å²) in [6.45, 7) is 0.332. The molecular formula is C27H16FI2NO3. The first-order valence-corrected chi connectivity index (χ1v) is 12.5. The summed E-state index contributed by atoms with van der Waals surface area (Å²) in [5, 5.41) is 2.16. The van der Waals surface area contributed by atoms with Crippen LogP contribution in [-0.2, 0) is 16.1 Å². The largest absolute Gasteiger partial charge is 0.487 e. The first-order valence-electron chi connectivity index (χ1n) is 10.3. The molecule has 168 valence electrons. The van der Waals surface area contributed by atoms with E-state index >= 15 is 0 Å². The van der Waals surface area contributed by atoms with Crippen molar-refractivity contribution in [3.63, 3.8) is 0 Å². The van der Waals surface area contributed by atoms with Crippen LogP contribution in [0.2, 0.25) is 0 Å². The fraction of sp³-hybridized carbons (Fsp3) is 0.0370. The number of hydrogen-bond donors (Lipinski definition) is 0. The minimum atomic E-state index is -0.482. The Kier molecular flexibility index (Phi) is 6.64. The summed E-state index contributed by atoms with van der Waals surface area (Å²) in [6.07, 6.45) is 1.71. The molecule has 0 saturated carbocycles. The first-order chi connectivity index (χ1) is 16.5. The lowest BCUT2D eigenvalue weighted by atomic mass is 10.1. The number of nitrogens with zero attached hydrogens (tertiary/aromatic N) is 1. The van der Waals surface area contributed by atoms with Gasteiger partial charge in [0.1, 0.15) is 18.2 Å². The zero-order valence-corrected chi connectivity index (χ0v) is 21.9. The van der Waals surface area contributed by atoms with E-state index in [0.29, 0.717) is 12.5 Å². The summed E-state index contributed by atoms with van der Waals surface area (Å²) in [6, 6.07) is 23.9. The van der Waals surface area contributed by atoms with Gasteiger partial charge >= 0.3 is 5.97 Å². The average Bonchev–Trinajstić information content (AvgIpc) is 3.19. The highest BCUT2D eigenvalue weighted by Crippen LogP contribution is 2.31. The summed E-state index contributed by atoms with van der Waals surface area (Å²) in [5.41, 5.74) is 2.70. The number of ether oxygens (including phenoxy) is 2. The number of carbonyl (C=O) groups excluding carboxylic acids is 1. The maximum atomic E-state index is 13.1. The van der Waals surface area contributed by atoms with Crippen LogP contribution in [0.4, 0.5) is 4.39 Å². The molecule has 0 atom stereocenters. The van der Waals surface area contributed by atoms with Crippen molar-refractivity contribution in [2.75, 3.05) is 0 Å². The third-order valence-electron chi connectivity index (χ3n) is 5.24. The number of benzene rings is 4. The van der Waals surface area contributed by atoms with Crippen molar-refractivity contribution in [1.29, 1.82) is 0 Å². The Morgan fingerprint density at radius 1 is 0.912 bits per heavy atom. The van der Waals surface area contributed by atoms with Gasteiger partial charge in [0.2, 0.25) is 5.90 Å². The molecule has 0 aliphatic carbocycles. The highest BCUT2D eigenvalue weighted by Gasteiger charge is 2.24. The van der Waals surface area contributed by atoms with Crippen LogP contribution in [0.3, 0.4) is 0 Å². The summed E-state index contributed by atoms with van der Waals surface area (Å²) < 4.78 is 26.3. The van der Waals surface area contributed by atoms with Crippen LogP contribution in [-0.4, -0.2) is 11.9 Å².